The van der Waals surface area contributed by atoms with Crippen molar-refractivity contribution in [1.82, 2.24) is 10.6 Å². The summed E-state index contributed by atoms with van der Waals surface area (Å²) in [7, 11) is 0. The maximum absolute atomic E-state index is 12.6. The van der Waals surface area contributed by atoms with E-state index in [2.05, 4.69) is 10.6 Å². The van der Waals surface area contributed by atoms with E-state index in [4.69, 9.17) is 0 Å². The number of benzene rings is 1. The second-order valence-corrected chi connectivity index (χ2v) is 7.73. The summed E-state index contributed by atoms with van der Waals surface area (Å²) in [5.74, 6) is 0.0369. The molecule has 4 nitrogen and oxygen atoms in total. The third kappa shape index (κ3) is 5.51. The Hall–Kier alpha value is -1.84. The SMILES string of the molecule is CC(C)(C)C(=O)C(NC(=O)NCc1ccccc1)C(C)(C)C. The van der Waals surface area contributed by atoms with Crippen LogP contribution in [-0.4, -0.2) is 17.9 Å². The minimum absolute atomic E-state index is 0.0369. The lowest BCUT2D eigenvalue weighted by atomic mass is 9.76. The molecule has 0 fully saturated rings. The molecule has 1 rings (SSSR count). The van der Waals surface area contributed by atoms with E-state index >= 15 is 0 Å². The van der Waals surface area contributed by atoms with Gasteiger partial charge in [0, 0.05) is 12.0 Å². The number of urea groups is 1. The van der Waals surface area contributed by atoms with Crippen LogP contribution in [0.5, 0.6) is 0 Å². The summed E-state index contributed by atoms with van der Waals surface area (Å²) in [4.78, 5) is 24.7. The number of hydrogen-bond donors (Lipinski definition) is 2. The van der Waals surface area contributed by atoms with Crippen LogP contribution in [-0.2, 0) is 11.3 Å². The highest BCUT2D eigenvalue weighted by atomic mass is 16.2. The monoisotopic (exact) mass is 304 g/mol. The van der Waals surface area contributed by atoms with Gasteiger partial charge in [-0.15, -0.1) is 0 Å². The maximum Gasteiger partial charge on any atom is 0.315 e. The van der Waals surface area contributed by atoms with Crippen molar-refractivity contribution in [3.05, 3.63) is 35.9 Å². The Morgan fingerprint density at radius 3 is 2.00 bits per heavy atom. The van der Waals surface area contributed by atoms with E-state index in [1.54, 1.807) is 0 Å². The standard InChI is InChI=1S/C18H28N2O2/c1-17(2,3)14(15(21)18(4,5)6)20-16(22)19-12-13-10-8-7-9-11-13/h7-11,14H,12H2,1-6H3,(H2,19,20,22). The number of amides is 2. The van der Waals surface area contributed by atoms with Crippen LogP contribution in [0.25, 0.3) is 0 Å². The predicted molar refractivity (Wildman–Crippen MR) is 89.5 cm³/mol. The van der Waals surface area contributed by atoms with E-state index in [9.17, 15) is 9.59 Å². The third-order valence-electron chi connectivity index (χ3n) is 3.44. The second kappa shape index (κ2) is 6.95. The van der Waals surface area contributed by atoms with Crippen LogP contribution < -0.4 is 10.6 Å². The quantitative estimate of drug-likeness (QED) is 0.894. The number of nitrogens with one attached hydrogen (secondary N) is 2. The van der Waals surface area contributed by atoms with Crippen LogP contribution in [0, 0.1) is 10.8 Å². The van der Waals surface area contributed by atoms with Crippen LogP contribution in [0.15, 0.2) is 30.3 Å². The van der Waals surface area contributed by atoms with Gasteiger partial charge >= 0.3 is 6.03 Å². The first kappa shape index (κ1) is 18.2. The first-order valence-electron chi connectivity index (χ1n) is 7.64. The summed E-state index contributed by atoms with van der Waals surface area (Å²) >= 11 is 0. The third-order valence-corrected chi connectivity index (χ3v) is 3.44. The van der Waals surface area contributed by atoms with Crippen molar-refractivity contribution in [2.75, 3.05) is 0 Å². The average Bonchev–Trinajstić information content (AvgIpc) is 2.40. The minimum Gasteiger partial charge on any atom is -0.334 e. The number of carbonyl (C=O) groups excluding carboxylic acids is 2. The van der Waals surface area contributed by atoms with Gasteiger partial charge in [-0.2, -0.15) is 0 Å². The molecule has 0 radical (unpaired) electrons. The molecule has 1 aromatic carbocycles. The summed E-state index contributed by atoms with van der Waals surface area (Å²) < 4.78 is 0. The molecule has 2 amide bonds. The van der Waals surface area contributed by atoms with E-state index in [0.29, 0.717) is 6.54 Å². The zero-order valence-electron chi connectivity index (χ0n) is 14.5. The smallest absolute Gasteiger partial charge is 0.315 e. The number of ketones is 1. The molecule has 0 spiro atoms. The Morgan fingerprint density at radius 1 is 1.00 bits per heavy atom. The molecule has 22 heavy (non-hydrogen) atoms. The van der Waals surface area contributed by atoms with Gasteiger partial charge in [-0.3, -0.25) is 4.79 Å². The molecular formula is C18H28N2O2. The molecule has 4 heteroatoms. The van der Waals surface area contributed by atoms with Crippen LogP contribution in [0.3, 0.4) is 0 Å². The number of carbonyl (C=O) groups is 2. The highest BCUT2D eigenvalue weighted by molar-refractivity contribution is 5.92. The molecule has 122 valence electrons. The van der Waals surface area contributed by atoms with Crippen molar-refractivity contribution in [3.63, 3.8) is 0 Å². The zero-order chi connectivity index (χ0) is 17.0. The lowest BCUT2D eigenvalue weighted by molar-refractivity contribution is -0.130. The van der Waals surface area contributed by atoms with Crippen molar-refractivity contribution in [3.8, 4) is 0 Å². The van der Waals surface area contributed by atoms with E-state index < -0.39 is 11.5 Å². The molecule has 0 aromatic heterocycles. The fraction of sp³-hybridized carbons (Fsp3) is 0.556. The summed E-state index contributed by atoms with van der Waals surface area (Å²) in [5.41, 5.74) is 0.186. The molecule has 0 saturated heterocycles. The number of Topliss-reactive ketones (excluding diaryl/α,β-unsaturated/α-hetero) is 1. The number of hydrogen-bond acceptors (Lipinski definition) is 2. The normalized spacial score (nSPS) is 13.4. The average molecular weight is 304 g/mol. The van der Waals surface area contributed by atoms with Gasteiger partial charge in [-0.1, -0.05) is 71.9 Å². The molecule has 0 aliphatic rings. The van der Waals surface area contributed by atoms with Gasteiger partial charge in [0.2, 0.25) is 0 Å². The van der Waals surface area contributed by atoms with Gasteiger partial charge in [-0.05, 0) is 11.0 Å². The van der Waals surface area contributed by atoms with E-state index in [0.717, 1.165) is 5.56 Å². The van der Waals surface area contributed by atoms with E-state index in [1.807, 2.05) is 71.9 Å². The van der Waals surface area contributed by atoms with Gasteiger partial charge < -0.3 is 10.6 Å². The Morgan fingerprint density at radius 2 is 1.55 bits per heavy atom. The Balaban J connectivity index is 2.70. The number of rotatable bonds is 4. The van der Waals surface area contributed by atoms with Gasteiger partial charge in [0.15, 0.2) is 5.78 Å². The Labute approximate surface area is 133 Å². The molecule has 2 N–H and O–H groups in total. The molecule has 0 bridgehead atoms. The van der Waals surface area contributed by atoms with Crippen LogP contribution in [0.2, 0.25) is 0 Å². The fourth-order valence-electron chi connectivity index (χ4n) is 2.07. The molecular weight excluding hydrogens is 276 g/mol. The topological polar surface area (TPSA) is 58.2 Å². The van der Waals surface area contributed by atoms with Crippen molar-refractivity contribution >= 4 is 11.8 Å². The summed E-state index contributed by atoms with van der Waals surface area (Å²) in [6.07, 6.45) is 0. The molecule has 0 heterocycles. The predicted octanol–water partition coefficient (Wildman–Crippen LogP) is 3.52. The molecule has 0 aliphatic carbocycles. The fourth-order valence-corrected chi connectivity index (χ4v) is 2.07. The molecule has 1 unspecified atom stereocenters. The molecule has 0 aliphatic heterocycles. The van der Waals surface area contributed by atoms with Crippen molar-refractivity contribution in [2.45, 2.75) is 54.1 Å². The zero-order valence-corrected chi connectivity index (χ0v) is 14.5. The van der Waals surface area contributed by atoms with E-state index in [-0.39, 0.29) is 17.2 Å². The van der Waals surface area contributed by atoms with E-state index in [1.165, 1.54) is 0 Å². The van der Waals surface area contributed by atoms with Gasteiger partial charge in [0.25, 0.3) is 0 Å². The summed E-state index contributed by atoms with van der Waals surface area (Å²) in [6, 6.07) is 8.83. The molecule has 1 atom stereocenters. The Kier molecular flexibility index (Phi) is 5.75. The molecule has 1 aromatic rings. The highest BCUT2D eigenvalue weighted by Crippen LogP contribution is 2.27. The Bertz CT molecular complexity index is 510. The summed E-state index contributed by atoms with van der Waals surface area (Å²) in [5, 5.41) is 5.64. The van der Waals surface area contributed by atoms with Crippen LogP contribution >= 0.6 is 0 Å². The van der Waals surface area contributed by atoms with Gasteiger partial charge in [-0.25, -0.2) is 4.79 Å². The van der Waals surface area contributed by atoms with Crippen molar-refractivity contribution < 1.29 is 9.59 Å². The lowest BCUT2D eigenvalue weighted by Gasteiger charge is -2.34. The molecule has 0 saturated carbocycles. The second-order valence-electron chi connectivity index (χ2n) is 7.73. The first-order valence-corrected chi connectivity index (χ1v) is 7.64. The van der Waals surface area contributed by atoms with Crippen LogP contribution in [0.4, 0.5) is 4.79 Å². The highest BCUT2D eigenvalue weighted by Gasteiger charge is 2.38. The van der Waals surface area contributed by atoms with Crippen molar-refractivity contribution in [2.24, 2.45) is 10.8 Å². The van der Waals surface area contributed by atoms with Gasteiger partial charge in [0.05, 0.1) is 6.04 Å². The van der Waals surface area contributed by atoms with Crippen molar-refractivity contribution in [1.29, 1.82) is 0 Å². The minimum atomic E-state index is -0.525. The largest absolute Gasteiger partial charge is 0.334 e. The lowest BCUT2D eigenvalue weighted by Crippen LogP contribution is -2.55. The van der Waals surface area contributed by atoms with Crippen LogP contribution in [0.1, 0.15) is 47.1 Å². The maximum atomic E-state index is 12.6. The summed E-state index contributed by atoms with van der Waals surface area (Å²) in [6.45, 7) is 11.9. The van der Waals surface area contributed by atoms with Gasteiger partial charge in [0.1, 0.15) is 0 Å². The first-order chi connectivity index (χ1) is 10.0.